The van der Waals surface area contributed by atoms with Gasteiger partial charge in [-0.2, -0.15) is 0 Å². The molecule has 0 unspecified atom stereocenters. The average molecular weight is 978 g/mol. The van der Waals surface area contributed by atoms with Crippen molar-refractivity contribution in [2.45, 2.75) is 120 Å². The second kappa shape index (κ2) is 20.8. The number of carbonyl (C=O) groups is 1. The normalized spacial score (nSPS) is 24.6. The van der Waals surface area contributed by atoms with Crippen LogP contribution in [-0.2, 0) is 21.3 Å². The molecule has 0 bridgehead atoms. The lowest BCUT2D eigenvalue weighted by Gasteiger charge is -2.58. The summed E-state index contributed by atoms with van der Waals surface area (Å²) in [4.78, 5) is 34.5. The molecule has 4 aromatic rings. The van der Waals surface area contributed by atoms with Gasteiger partial charge in [0.1, 0.15) is 11.4 Å². The molecule has 0 aromatic heterocycles. The van der Waals surface area contributed by atoms with Crippen LogP contribution >= 0.6 is 0 Å². The number of benzene rings is 4. The first kappa shape index (κ1) is 49.7. The Kier molecular flexibility index (Phi) is 14.8. The number of amides is 1. The second-order valence-electron chi connectivity index (χ2n) is 21.3. The fourth-order valence-corrected chi connectivity index (χ4v) is 12.6. The van der Waals surface area contributed by atoms with Gasteiger partial charge in [0, 0.05) is 93.0 Å². The number of rotatable bonds is 15. The lowest BCUT2D eigenvalue weighted by molar-refractivity contribution is -0.384. The number of morpholine rings is 1. The minimum atomic E-state index is -4.42. The van der Waals surface area contributed by atoms with Gasteiger partial charge in [-0.3, -0.25) is 24.7 Å². The van der Waals surface area contributed by atoms with Crippen LogP contribution < -0.4 is 24.6 Å². The molecule has 16 heteroatoms. The predicted octanol–water partition coefficient (Wildman–Crippen LogP) is 8.39. The molecule has 1 amide bonds. The van der Waals surface area contributed by atoms with E-state index < -0.39 is 32.1 Å². The molecule has 3 N–H and O–H groups in total. The number of hydrogen-bond donors (Lipinski definition) is 3. The van der Waals surface area contributed by atoms with Crippen molar-refractivity contribution >= 4 is 38.7 Å². The Hall–Kier alpha value is -5.26. The Morgan fingerprint density at radius 3 is 2.30 bits per heavy atom. The third-order valence-electron chi connectivity index (χ3n) is 15.8. The summed E-state index contributed by atoms with van der Waals surface area (Å²) in [6.45, 7) is 16.8. The highest BCUT2D eigenvalue weighted by atomic mass is 32.2. The Morgan fingerprint density at radius 2 is 1.61 bits per heavy atom. The molecule has 2 atom stereocenters. The van der Waals surface area contributed by atoms with E-state index in [-0.39, 0.29) is 39.6 Å². The Morgan fingerprint density at radius 1 is 0.914 bits per heavy atom. The molecule has 3 heterocycles. The molecule has 2 aliphatic carbocycles. The van der Waals surface area contributed by atoms with Crippen LogP contribution in [0.3, 0.4) is 0 Å². The van der Waals surface area contributed by atoms with E-state index in [4.69, 9.17) is 9.47 Å². The summed E-state index contributed by atoms with van der Waals surface area (Å²) in [7, 11) is -4.42. The summed E-state index contributed by atoms with van der Waals surface area (Å²) in [5, 5.41) is 25.4. The quantitative estimate of drug-likeness (QED) is 0.0768. The molecule has 3 saturated heterocycles. The number of piperazine rings is 1. The molecule has 0 radical (unpaired) electrons. The number of hydrogen-bond acceptors (Lipinski definition) is 13. The maximum Gasteiger partial charge on any atom is 0.293 e. The van der Waals surface area contributed by atoms with E-state index in [9.17, 15) is 28.4 Å². The first-order valence-corrected chi connectivity index (χ1v) is 26.9. The number of aliphatic hydroxyl groups is 1. The highest BCUT2D eigenvalue weighted by Crippen LogP contribution is 2.53. The van der Waals surface area contributed by atoms with Crippen molar-refractivity contribution in [3.63, 3.8) is 0 Å². The minimum absolute atomic E-state index is 0.0763. The minimum Gasteiger partial charge on any atom is -0.491 e. The van der Waals surface area contributed by atoms with E-state index in [2.05, 4.69) is 98.9 Å². The van der Waals surface area contributed by atoms with Crippen LogP contribution in [0.4, 0.5) is 22.7 Å². The lowest BCUT2D eigenvalue weighted by atomic mass is 9.59. The van der Waals surface area contributed by atoms with E-state index in [0.717, 1.165) is 115 Å². The predicted molar refractivity (Wildman–Crippen MR) is 273 cm³/mol. The number of nitro groups is 1. The summed E-state index contributed by atoms with van der Waals surface area (Å²) in [6, 6.07) is 29.4. The van der Waals surface area contributed by atoms with Gasteiger partial charge < -0.3 is 29.7 Å². The van der Waals surface area contributed by atoms with Crippen LogP contribution in [-0.4, -0.2) is 117 Å². The van der Waals surface area contributed by atoms with Crippen LogP contribution in [0.15, 0.2) is 95.9 Å². The van der Waals surface area contributed by atoms with Gasteiger partial charge in [-0.25, -0.2) is 13.1 Å². The van der Waals surface area contributed by atoms with Crippen molar-refractivity contribution in [3.05, 3.63) is 118 Å². The number of nitrogens with zero attached hydrogens (tertiary/aromatic N) is 5. The van der Waals surface area contributed by atoms with Crippen LogP contribution in [0.2, 0.25) is 0 Å². The highest BCUT2D eigenvalue weighted by Gasteiger charge is 2.50. The standard InChI is InChI=1S/C54H71N7O8S/c1-38(2)69-51-8-6-5-7-47(51)50-36-57(35-41-9-13-44(14-10-41)59-29-30-68-37-39(59)3)27-28-60(50)45-32-54(33-45)23-25-58(26-24-54)43-15-11-42(12-16-43)52(62)56-70(66,67)46-17-18-48(49(31-46)61(64)65)55-34-40-19-21-53(4,63)22-20-40/h5-18,31,38-40,45,50,55,63H,19-30,32-37H2,1-4H3,(H,56,62)/t39-,40?,50-,53?/m1/s1. The maximum atomic E-state index is 13.4. The van der Waals surface area contributed by atoms with Crippen molar-refractivity contribution in [2.24, 2.45) is 11.3 Å². The van der Waals surface area contributed by atoms with E-state index in [1.807, 2.05) is 19.1 Å². The first-order chi connectivity index (χ1) is 33.5. The van der Waals surface area contributed by atoms with Crippen molar-refractivity contribution in [3.8, 4) is 5.75 Å². The molecule has 9 rings (SSSR count). The van der Waals surface area contributed by atoms with E-state index in [0.29, 0.717) is 31.5 Å². The molecule has 4 aromatic carbocycles. The van der Waals surface area contributed by atoms with Crippen LogP contribution in [0.1, 0.15) is 107 Å². The van der Waals surface area contributed by atoms with Crippen molar-refractivity contribution in [1.82, 2.24) is 14.5 Å². The van der Waals surface area contributed by atoms with Crippen molar-refractivity contribution in [1.29, 1.82) is 0 Å². The molecule has 376 valence electrons. The first-order valence-electron chi connectivity index (χ1n) is 25.4. The van der Waals surface area contributed by atoms with Crippen molar-refractivity contribution in [2.75, 3.05) is 74.1 Å². The Balaban J connectivity index is 0.790. The average Bonchev–Trinajstić information content (AvgIpc) is 3.33. The van der Waals surface area contributed by atoms with Crippen LogP contribution in [0.5, 0.6) is 5.75 Å². The van der Waals surface area contributed by atoms with Gasteiger partial charge in [0.15, 0.2) is 0 Å². The zero-order valence-corrected chi connectivity index (χ0v) is 42.0. The Labute approximate surface area is 413 Å². The molecule has 2 saturated carbocycles. The van der Waals surface area contributed by atoms with Gasteiger partial charge in [-0.05, 0) is 151 Å². The number of nitro benzene ring substituents is 1. The van der Waals surface area contributed by atoms with Gasteiger partial charge in [0.05, 0.1) is 40.8 Å². The molecule has 3 aliphatic heterocycles. The summed E-state index contributed by atoms with van der Waals surface area (Å²) < 4.78 is 40.9. The van der Waals surface area contributed by atoms with E-state index in [1.54, 1.807) is 12.1 Å². The van der Waals surface area contributed by atoms with E-state index >= 15 is 0 Å². The van der Waals surface area contributed by atoms with Gasteiger partial charge in [0.2, 0.25) is 0 Å². The molecule has 15 nitrogen and oxygen atoms in total. The zero-order valence-electron chi connectivity index (χ0n) is 41.2. The number of sulfonamides is 1. The summed E-state index contributed by atoms with van der Waals surface area (Å²) in [5.41, 5.74) is 4.40. The smallest absolute Gasteiger partial charge is 0.293 e. The summed E-state index contributed by atoms with van der Waals surface area (Å²) >= 11 is 0. The fourth-order valence-electron chi connectivity index (χ4n) is 11.6. The molecule has 70 heavy (non-hydrogen) atoms. The Bertz CT molecular complexity index is 2570. The SMILES string of the molecule is CC(C)Oc1ccccc1[C@H]1CN(Cc2ccc(N3CCOC[C@H]3C)cc2)CCN1C1CC2(CCN(c3ccc(C(=O)NS(=O)(=O)c4ccc(NCC5CCC(C)(O)CC5)c([N+](=O)[O-])c4)cc3)CC2)C1. The zero-order chi connectivity index (χ0) is 49.2. The third kappa shape index (κ3) is 11.4. The molecule has 1 spiro atoms. The van der Waals surface area contributed by atoms with Gasteiger partial charge in [-0.15, -0.1) is 0 Å². The number of ether oxygens (including phenoxy) is 2. The fraction of sp³-hybridized carbons (Fsp3) is 0.537. The molecular weight excluding hydrogens is 907 g/mol. The molecule has 5 fully saturated rings. The molecular formula is C54H71N7O8S. The second-order valence-corrected chi connectivity index (χ2v) is 22.9. The summed E-state index contributed by atoms with van der Waals surface area (Å²) in [6.07, 6.45) is 7.42. The molecule has 5 aliphatic rings. The third-order valence-corrected chi connectivity index (χ3v) is 17.1. The van der Waals surface area contributed by atoms with Crippen molar-refractivity contribution < 1.29 is 32.7 Å². The number of piperidine rings is 1. The lowest BCUT2D eigenvalue weighted by Crippen LogP contribution is -2.59. The maximum absolute atomic E-state index is 13.4. The number of para-hydroxylation sites is 1. The van der Waals surface area contributed by atoms with Crippen LogP contribution in [0, 0.1) is 21.4 Å². The van der Waals surface area contributed by atoms with Gasteiger partial charge in [0.25, 0.3) is 21.6 Å². The topological polar surface area (TPSA) is 170 Å². The number of anilines is 3. The highest BCUT2D eigenvalue weighted by molar-refractivity contribution is 7.90. The van der Waals surface area contributed by atoms with Gasteiger partial charge >= 0.3 is 0 Å². The van der Waals surface area contributed by atoms with E-state index in [1.165, 1.54) is 28.9 Å². The number of carbonyl (C=O) groups excluding carboxylic acids is 1. The number of nitrogens with one attached hydrogen (secondary N) is 2. The van der Waals surface area contributed by atoms with Crippen LogP contribution in [0.25, 0.3) is 0 Å². The largest absolute Gasteiger partial charge is 0.491 e. The monoisotopic (exact) mass is 978 g/mol. The summed E-state index contributed by atoms with van der Waals surface area (Å²) in [5.74, 6) is 0.389. The van der Waals surface area contributed by atoms with Gasteiger partial charge in [-0.1, -0.05) is 30.3 Å².